The lowest BCUT2D eigenvalue weighted by atomic mass is 10.1. The van der Waals surface area contributed by atoms with E-state index in [1.165, 1.54) is 12.1 Å². The molecule has 86 valence electrons. The summed E-state index contributed by atoms with van der Waals surface area (Å²) >= 11 is 0. The van der Waals surface area contributed by atoms with Gasteiger partial charge in [0.2, 0.25) is 0 Å². The van der Waals surface area contributed by atoms with E-state index >= 15 is 0 Å². The Labute approximate surface area is 94.1 Å². The fourth-order valence-electron chi connectivity index (χ4n) is 1.99. The first-order chi connectivity index (χ1) is 7.70. The van der Waals surface area contributed by atoms with Crippen molar-refractivity contribution in [3.63, 3.8) is 0 Å². The summed E-state index contributed by atoms with van der Waals surface area (Å²) in [7, 11) is 0. The van der Waals surface area contributed by atoms with Crippen molar-refractivity contribution in [3.05, 3.63) is 29.8 Å². The number of carbonyl (C=O) groups excluding carboxylic acids is 1. The zero-order chi connectivity index (χ0) is 11.5. The third-order valence-corrected chi connectivity index (χ3v) is 2.92. The topological polar surface area (TPSA) is 60.8 Å². The molecular weight excluding hydrogens is 206 g/mol. The molecule has 1 aromatic rings. The number of carbonyl (C=O) groups is 1. The Hall–Kier alpha value is -1.55. The standard InChI is InChI=1S/C12H15NO3/c14-8-9-4-5-13(7-9)12(16)10-2-1-3-11(15)6-10/h1-3,6,9,14-15H,4-5,7-8H2. The van der Waals surface area contributed by atoms with E-state index in [9.17, 15) is 9.90 Å². The highest BCUT2D eigenvalue weighted by Gasteiger charge is 2.26. The van der Waals surface area contributed by atoms with Crippen LogP contribution in [-0.4, -0.2) is 40.7 Å². The molecule has 2 N–H and O–H groups in total. The summed E-state index contributed by atoms with van der Waals surface area (Å²) in [6, 6.07) is 6.35. The second-order valence-corrected chi connectivity index (χ2v) is 4.14. The lowest BCUT2D eigenvalue weighted by Gasteiger charge is -2.16. The molecule has 1 amide bonds. The van der Waals surface area contributed by atoms with Crippen LogP contribution in [0.4, 0.5) is 0 Å². The molecule has 0 radical (unpaired) electrons. The van der Waals surface area contributed by atoms with Gasteiger partial charge in [-0.3, -0.25) is 4.79 Å². The van der Waals surface area contributed by atoms with Gasteiger partial charge in [0, 0.05) is 31.2 Å². The Kier molecular flexibility index (Phi) is 3.10. The maximum absolute atomic E-state index is 12.0. The molecule has 16 heavy (non-hydrogen) atoms. The molecule has 1 aliphatic heterocycles. The number of phenolic OH excluding ortho intramolecular Hbond substituents is 1. The largest absolute Gasteiger partial charge is 0.508 e. The molecule has 1 aliphatic rings. The number of nitrogens with zero attached hydrogens (tertiary/aromatic N) is 1. The molecular formula is C12H15NO3. The molecule has 0 aliphatic carbocycles. The number of hydrogen-bond donors (Lipinski definition) is 2. The molecule has 1 saturated heterocycles. The summed E-state index contributed by atoms with van der Waals surface area (Å²) in [4.78, 5) is 13.7. The fourth-order valence-corrected chi connectivity index (χ4v) is 1.99. The van der Waals surface area contributed by atoms with E-state index in [0.717, 1.165) is 6.42 Å². The Morgan fingerprint density at radius 1 is 1.50 bits per heavy atom. The second-order valence-electron chi connectivity index (χ2n) is 4.14. The van der Waals surface area contributed by atoms with Crippen LogP contribution in [0.5, 0.6) is 5.75 Å². The Morgan fingerprint density at radius 2 is 2.31 bits per heavy atom. The van der Waals surface area contributed by atoms with Crippen LogP contribution >= 0.6 is 0 Å². The molecule has 0 saturated carbocycles. The van der Waals surface area contributed by atoms with Gasteiger partial charge in [0.05, 0.1) is 0 Å². The van der Waals surface area contributed by atoms with Gasteiger partial charge < -0.3 is 15.1 Å². The van der Waals surface area contributed by atoms with Crippen molar-refractivity contribution in [1.29, 1.82) is 0 Å². The Balaban J connectivity index is 2.08. The summed E-state index contributed by atoms with van der Waals surface area (Å²) < 4.78 is 0. The van der Waals surface area contributed by atoms with Crippen molar-refractivity contribution in [1.82, 2.24) is 4.90 Å². The van der Waals surface area contributed by atoms with Crippen LogP contribution < -0.4 is 0 Å². The molecule has 1 fully saturated rings. The van der Waals surface area contributed by atoms with Gasteiger partial charge in [0.25, 0.3) is 5.91 Å². The molecule has 2 rings (SSSR count). The average molecular weight is 221 g/mol. The predicted molar refractivity (Wildman–Crippen MR) is 59.2 cm³/mol. The molecule has 4 nitrogen and oxygen atoms in total. The van der Waals surface area contributed by atoms with Gasteiger partial charge in [-0.1, -0.05) is 6.07 Å². The zero-order valence-corrected chi connectivity index (χ0v) is 8.97. The minimum Gasteiger partial charge on any atom is -0.508 e. The van der Waals surface area contributed by atoms with Crippen molar-refractivity contribution in [2.45, 2.75) is 6.42 Å². The van der Waals surface area contributed by atoms with Gasteiger partial charge in [0.15, 0.2) is 0 Å². The minimum absolute atomic E-state index is 0.0770. The van der Waals surface area contributed by atoms with E-state index in [1.807, 2.05) is 0 Å². The van der Waals surface area contributed by atoms with Crippen molar-refractivity contribution in [2.24, 2.45) is 5.92 Å². The molecule has 1 aromatic carbocycles. The lowest BCUT2D eigenvalue weighted by molar-refractivity contribution is 0.0781. The zero-order valence-electron chi connectivity index (χ0n) is 8.97. The third-order valence-electron chi connectivity index (χ3n) is 2.92. The van der Waals surface area contributed by atoms with Crippen LogP contribution in [0.15, 0.2) is 24.3 Å². The van der Waals surface area contributed by atoms with Crippen molar-refractivity contribution >= 4 is 5.91 Å². The second kappa shape index (κ2) is 4.53. The summed E-state index contributed by atoms with van der Waals surface area (Å²) in [6.45, 7) is 1.41. The maximum atomic E-state index is 12.0. The summed E-state index contributed by atoms with van der Waals surface area (Å²) in [6.07, 6.45) is 0.848. The number of likely N-dealkylation sites (tertiary alicyclic amines) is 1. The number of hydrogen-bond acceptors (Lipinski definition) is 3. The average Bonchev–Trinajstić information content (AvgIpc) is 2.76. The quantitative estimate of drug-likeness (QED) is 0.778. The molecule has 1 atom stereocenters. The van der Waals surface area contributed by atoms with Crippen LogP contribution in [0.1, 0.15) is 16.8 Å². The highest BCUT2D eigenvalue weighted by atomic mass is 16.3. The highest BCUT2D eigenvalue weighted by molar-refractivity contribution is 5.94. The normalized spacial score (nSPS) is 20.1. The first-order valence-corrected chi connectivity index (χ1v) is 5.40. The maximum Gasteiger partial charge on any atom is 0.253 e. The van der Waals surface area contributed by atoms with Gasteiger partial charge in [-0.2, -0.15) is 0 Å². The van der Waals surface area contributed by atoms with Gasteiger partial charge in [-0.25, -0.2) is 0 Å². The van der Waals surface area contributed by atoms with E-state index < -0.39 is 0 Å². The molecule has 0 bridgehead atoms. The first-order valence-electron chi connectivity index (χ1n) is 5.40. The molecule has 0 aromatic heterocycles. The first kappa shape index (κ1) is 11.0. The number of amides is 1. The van der Waals surface area contributed by atoms with E-state index in [2.05, 4.69) is 0 Å². The Bertz CT molecular complexity index is 392. The van der Waals surface area contributed by atoms with Crippen LogP contribution in [0.3, 0.4) is 0 Å². The lowest BCUT2D eigenvalue weighted by Crippen LogP contribution is -2.29. The molecule has 4 heteroatoms. The molecule has 1 heterocycles. The van der Waals surface area contributed by atoms with Crippen molar-refractivity contribution < 1.29 is 15.0 Å². The van der Waals surface area contributed by atoms with Crippen molar-refractivity contribution in [3.8, 4) is 5.75 Å². The predicted octanol–water partition coefficient (Wildman–Crippen LogP) is 0.847. The number of aliphatic hydroxyl groups is 1. The third kappa shape index (κ3) is 2.17. The number of rotatable bonds is 2. The summed E-state index contributed by atoms with van der Waals surface area (Å²) in [5.74, 6) is 0.219. The number of benzene rings is 1. The smallest absolute Gasteiger partial charge is 0.253 e. The van der Waals surface area contributed by atoms with Crippen molar-refractivity contribution in [2.75, 3.05) is 19.7 Å². The van der Waals surface area contributed by atoms with E-state index in [-0.39, 0.29) is 24.2 Å². The SMILES string of the molecule is O=C(c1cccc(O)c1)N1CCC(CO)C1. The molecule has 1 unspecified atom stereocenters. The number of phenols is 1. The minimum atomic E-state index is -0.0770. The van der Waals surface area contributed by atoms with Gasteiger partial charge in [0.1, 0.15) is 5.75 Å². The van der Waals surface area contributed by atoms with Crippen LogP contribution in [0.2, 0.25) is 0 Å². The monoisotopic (exact) mass is 221 g/mol. The van der Waals surface area contributed by atoms with E-state index in [1.54, 1.807) is 17.0 Å². The van der Waals surface area contributed by atoms with Gasteiger partial charge >= 0.3 is 0 Å². The van der Waals surface area contributed by atoms with Gasteiger partial charge in [-0.05, 0) is 24.6 Å². The number of aliphatic hydroxyl groups excluding tert-OH is 1. The van der Waals surface area contributed by atoms with E-state index in [4.69, 9.17) is 5.11 Å². The number of aromatic hydroxyl groups is 1. The Morgan fingerprint density at radius 3 is 2.94 bits per heavy atom. The van der Waals surface area contributed by atoms with Crippen LogP contribution in [-0.2, 0) is 0 Å². The van der Waals surface area contributed by atoms with Crippen LogP contribution in [0.25, 0.3) is 0 Å². The van der Waals surface area contributed by atoms with Gasteiger partial charge in [-0.15, -0.1) is 0 Å². The fraction of sp³-hybridized carbons (Fsp3) is 0.417. The highest BCUT2D eigenvalue weighted by Crippen LogP contribution is 2.19. The van der Waals surface area contributed by atoms with Crippen LogP contribution in [0, 0.1) is 5.92 Å². The summed E-state index contributed by atoms with van der Waals surface area (Å²) in [5, 5.41) is 18.3. The summed E-state index contributed by atoms with van der Waals surface area (Å²) in [5.41, 5.74) is 0.499. The van der Waals surface area contributed by atoms with E-state index in [0.29, 0.717) is 18.7 Å². The molecule has 0 spiro atoms.